The van der Waals surface area contributed by atoms with Gasteiger partial charge in [-0.15, -0.1) is 0 Å². The summed E-state index contributed by atoms with van der Waals surface area (Å²) >= 11 is 0. The lowest BCUT2D eigenvalue weighted by Crippen LogP contribution is -1.89. The first kappa shape index (κ1) is 13.7. The molecule has 2 aromatic carbocycles. The summed E-state index contributed by atoms with van der Waals surface area (Å²) in [5, 5.41) is 9.31. The largest absolute Gasteiger partial charge is 0.497 e. The minimum Gasteiger partial charge on any atom is -0.497 e. The summed E-state index contributed by atoms with van der Waals surface area (Å²) in [6.07, 6.45) is 1.82. The number of methoxy groups -OCH3 is 2. The van der Waals surface area contributed by atoms with Gasteiger partial charge in [0, 0.05) is 6.07 Å². The molecule has 0 aliphatic carbocycles. The average molecular weight is 265 g/mol. The van der Waals surface area contributed by atoms with E-state index in [1.54, 1.807) is 20.3 Å². The van der Waals surface area contributed by atoms with Crippen molar-refractivity contribution in [3.05, 3.63) is 59.7 Å². The van der Waals surface area contributed by atoms with Crippen molar-refractivity contribution in [2.75, 3.05) is 14.2 Å². The van der Waals surface area contributed by atoms with Crippen LogP contribution in [0.15, 0.2) is 48.5 Å². The summed E-state index contributed by atoms with van der Waals surface area (Å²) in [5.74, 6) is 1.39. The Morgan fingerprint density at radius 1 is 1.00 bits per heavy atom. The van der Waals surface area contributed by atoms with Crippen LogP contribution in [0.4, 0.5) is 0 Å². The molecule has 2 aromatic rings. The Labute approximate surface area is 118 Å². The maximum atomic E-state index is 9.31. The third kappa shape index (κ3) is 3.18. The molecule has 0 N–H and O–H groups in total. The molecule has 0 aromatic heterocycles. The number of hydrogen-bond donors (Lipinski definition) is 0. The van der Waals surface area contributed by atoms with Crippen molar-refractivity contribution in [2.24, 2.45) is 0 Å². The Hall–Kier alpha value is -2.73. The topological polar surface area (TPSA) is 42.2 Å². The summed E-state index contributed by atoms with van der Waals surface area (Å²) in [6, 6.07) is 17.3. The summed E-state index contributed by atoms with van der Waals surface area (Å²) in [4.78, 5) is 0. The highest BCUT2D eigenvalue weighted by Gasteiger charge is 2.03. The van der Waals surface area contributed by atoms with E-state index in [0.29, 0.717) is 17.1 Å². The SMILES string of the molecule is COc1cc(C=C(C#N)c2ccccc2)cc(OC)c1. The van der Waals surface area contributed by atoms with Crippen molar-refractivity contribution >= 4 is 11.6 Å². The minimum atomic E-state index is 0.598. The first-order valence-electron chi connectivity index (χ1n) is 6.17. The van der Waals surface area contributed by atoms with Gasteiger partial charge in [0.15, 0.2) is 0 Å². The zero-order chi connectivity index (χ0) is 14.4. The van der Waals surface area contributed by atoms with Gasteiger partial charge in [0.25, 0.3) is 0 Å². The Morgan fingerprint density at radius 2 is 1.60 bits per heavy atom. The highest BCUT2D eigenvalue weighted by atomic mass is 16.5. The molecule has 0 amide bonds. The number of nitrogens with zero attached hydrogens (tertiary/aromatic N) is 1. The van der Waals surface area contributed by atoms with E-state index in [2.05, 4.69) is 6.07 Å². The van der Waals surface area contributed by atoms with E-state index < -0.39 is 0 Å². The van der Waals surface area contributed by atoms with Crippen molar-refractivity contribution in [2.45, 2.75) is 0 Å². The maximum absolute atomic E-state index is 9.31. The molecule has 0 heterocycles. The van der Waals surface area contributed by atoms with E-state index in [1.807, 2.05) is 48.5 Å². The van der Waals surface area contributed by atoms with Gasteiger partial charge < -0.3 is 9.47 Å². The summed E-state index contributed by atoms with van der Waals surface area (Å²) in [5.41, 5.74) is 2.35. The summed E-state index contributed by atoms with van der Waals surface area (Å²) < 4.78 is 10.5. The molecule has 2 rings (SSSR count). The molecule has 0 aliphatic rings. The van der Waals surface area contributed by atoms with E-state index in [4.69, 9.17) is 9.47 Å². The molecule has 3 nitrogen and oxygen atoms in total. The fourth-order valence-corrected chi connectivity index (χ4v) is 1.88. The van der Waals surface area contributed by atoms with Crippen molar-refractivity contribution in [3.63, 3.8) is 0 Å². The van der Waals surface area contributed by atoms with Gasteiger partial charge >= 0.3 is 0 Å². The first-order valence-corrected chi connectivity index (χ1v) is 6.17. The van der Waals surface area contributed by atoms with Gasteiger partial charge in [0.2, 0.25) is 0 Å². The first-order chi connectivity index (χ1) is 9.76. The van der Waals surface area contributed by atoms with Gasteiger partial charge in [-0.05, 0) is 29.3 Å². The predicted molar refractivity (Wildman–Crippen MR) is 79.5 cm³/mol. The molecule has 0 saturated carbocycles. The molecule has 0 fully saturated rings. The van der Waals surface area contributed by atoms with Crippen LogP contribution in [0.25, 0.3) is 11.6 Å². The predicted octanol–water partition coefficient (Wildman–Crippen LogP) is 3.77. The normalized spacial score (nSPS) is 10.8. The fourth-order valence-electron chi connectivity index (χ4n) is 1.88. The Balaban J connectivity index is 2.45. The zero-order valence-corrected chi connectivity index (χ0v) is 11.5. The number of nitriles is 1. The molecule has 0 bridgehead atoms. The Morgan fingerprint density at radius 3 is 2.10 bits per heavy atom. The molecule has 0 radical (unpaired) electrons. The van der Waals surface area contributed by atoms with Crippen LogP contribution in [0.3, 0.4) is 0 Å². The maximum Gasteiger partial charge on any atom is 0.123 e. The van der Waals surface area contributed by atoms with Crippen LogP contribution < -0.4 is 9.47 Å². The number of rotatable bonds is 4. The molecule has 20 heavy (non-hydrogen) atoms. The third-order valence-corrected chi connectivity index (χ3v) is 2.89. The number of ether oxygens (including phenoxy) is 2. The zero-order valence-electron chi connectivity index (χ0n) is 11.5. The van der Waals surface area contributed by atoms with Crippen molar-refractivity contribution < 1.29 is 9.47 Å². The highest BCUT2D eigenvalue weighted by molar-refractivity contribution is 5.89. The summed E-state index contributed by atoms with van der Waals surface area (Å²) in [6.45, 7) is 0. The van der Waals surface area contributed by atoms with E-state index in [1.165, 1.54) is 0 Å². The lowest BCUT2D eigenvalue weighted by Gasteiger charge is -2.06. The second kappa shape index (κ2) is 6.44. The highest BCUT2D eigenvalue weighted by Crippen LogP contribution is 2.25. The monoisotopic (exact) mass is 265 g/mol. The number of hydrogen-bond acceptors (Lipinski definition) is 3. The number of allylic oxidation sites excluding steroid dienone is 1. The second-order valence-corrected chi connectivity index (χ2v) is 4.18. The van der Waals surface area contributed by atoms with Crippen molar-refractivity contribution in [1.29, 1.82) is 5.26 Å². The van der Waals surface area contributed by atoms with Crippen LogP contribution in [0.2, 0.25) is 0 Å². The van der Waals surface area contributed by atoms with Crippen LogP contribution in [-0.2, 0) is 0 Å². The second-order valence-electron chi connectivity index (χ2n) is 4.18. The average Bonchev–Trinajstić information content (AvgIpc) is 2.53. The van der Waals surface area contributed by atoms with Crippen molar-refractivity contribution in [3.8, 4) is 17.6 Å². The third-order valence-electron chi connectivity index (χ3n) is 2.89. The molecular weight excluding hydrogens is 250 g/mol. The van der Waals surface area contributed by atoms with Gasteiger partial charge in [-0.3, -0.25) is 0 Å². The van der Waals surface area contributed by atoms with Crippen molar-refractivity contribution in [1.82, 2.24) is 0 Å². The van der Waals surface area contributed by atoms with E-state index in [-0.39, 0.29) is 0 Å². The molecule has 0 unspecified atom stereocenters. The van der Waals surface area contributed by atoms with Crippen LogP contribution in [-0.4, -0.2) is 14.2 Å². The van der Waals surface area contributed by atoms with Gasteiger partial charge in [0.1, 0.15) is 11.5 Å². The molecular formula is C17H15NO2. The van der Waals surface area contributed by atoms with Gasteiger partial charge in [-0.1, -0.05) is 30.3 Å². The number of benzene rings is 2. The van der Waals surface area contributed by atoms with Gasteiger partial charge in [0.05, 0.1) is 25.9 Å². The minimum absolute atomic E-state index is 0.598. The van der Waals surface area contributed by atoms with Crippen LogP contribution in [0.5, 0.6) is 11.5 Å². The molecule has 0 saturated heterocycles. The molecule has 3 heteroatoms. The standard InChI is InChI=1S/C17H15NO2/c1-19-16-9-13(10-17(11-16)20-2)8-15(12-18)14-6-4-3-5-7-14/h3-11H,1-2H3. The van der Waals surface area contributed by atoms with Crippen LogP contribution >= 0.6 is 0 Å². The quantitative estimate of drug-likeness (QED) is 0.624. The van der Waals surface area contributed by atoms with E-state index in [9.17, 15) is 5.26 Å². The van der Waals surface area contributed by atoms with Gasteiger partial charge in [-0.2, -0.15) is 5.26 Å². The smallest absolute Gasteiger partial charge is 0.123 e. The van der Waals surface area contributed by atoms with Crippen LogP contribution in [0.1, 0.15) is 11.1 Å². The lowest BCUT2D eigenvalue weighted by atomic mass is 10.0. The lowest BCUT2D eigenvalue weighted by molar-refractivity contribution is 0.394. The molecule has 0 aliphatic heterocycles. The molecule has 100 valence electrons. The van der Waals surface area contributed by atoms with E-state index in [0.717, 1.165) is 11.1 Å². The molecule has 0 spiro atoms. The summed E-state index contributed by atoms with van der Waals surface area (Å²) in [7, 11) is 3.20. The van der Waals surface area contributed by atoms with E-state index >= 15 is 0 Å². The fraction of sp³-hybridized carbons (Fsp3) is 0.118. The Kier molecular flexibility index (Phi) is 4.41. The van der Waals surface area contributed by atoms with Crippen LogP contribution in [0, 0.1) is 11.3 Å². The van der Waals surface area contributed by atoms with Gasteiger partial charge in [-0.25, -0.2) is 0 Å². The molecule has 0 atom stereocenters. The Bertz CT molecular complexity index is 632.